The third kappa shape index (κ3) is 2.77. The van der Waals surface area contributed by atoms with Crippen molar-refractivity contribution >= 4 is 5.97 Å². The SMILES string of the molecule is C=C(C)C(=O)OC[C@@H]1CCC[N+]2(C)CCCC[C@H]12. The molecule has 0 radical (unpaired) electrons. The lowest BCUT2D eigenvalue weighted by atomic mass is 9.82. The number of hydrogen-bond acceptors (Lipinski definition) is 2. The Morgan fingerprint density at radius 3 is 2.72 bits per heavy atom. The molecule has 0 spiro atoms. The number of esters is 1. The van der Waals surface area contributed by atoms with E-state index in [1.54, 1.807) is 6.92 Å². The van der Waals surface area contributed by atoms with Crippen LogP contribution in [0.1, 0.15) is 39.0 Å². The van der Waals surface area contributed by atoms with Gasteiger partial charge in [0.1, 0.15) is 6.61 Å². The third-order valence-electron chi connectivity index (χ3n) is 4.78. The van der Waals surface area contributed by atoms with Gasteiger partial charge in [-0.3, -0.25) is 0 Å². The van der Waals surface area contributed by atoms with Crippen LogP contribution in [0.4, 0.5) is 0 Å². The normalized spacial score (nSPS) is 35.7. The molecule has 0 saturated carbocycles. The van der Waals surface area contributed by atoms with Crippen LogP contribution in [-0.4, -0.2) is 43.2 Å². The van der Waals surface area contributed by atoms with Gasteiger partial charge in [0.25, 0.3) is 0 Å². The summed E-state index contributed by atoms with van der Waals surface area (Å²) in [5, 5.41) is 0. The van der Waals surface area contributed by atoms with Gasteiger partial charge in [-0.2, -0.15) is 0 Å². The van der Waals surface area contributed by atoms with Gasteiger partial charge in [-0.25, -0.2) is 4.79 Å². The van der Waals surface area contributed by atoms with Gasteiger partial charge in [0.05, 0.1) is 26.2 Å². The number of nitrogens with zero attached hydrogens (tertiary/aromatic N) is 1. The van der Waals surface area contributed by atoms with E-state index in [-0.39, 0.29) is 5.97 Å². The van der Waals surface area contributed by atoms with Gasteiger partial charge >= 0.3 is 5.97 Å². The summed E-state index contributed by atoms with van der Waals surface area (Å²) < 4.78 is 6.59. The van der Waals surface area contributed by atoms with Gasteiger partial charge in [-0.1, -0.05) is 6.58 Å². The number of quaternary nitrogens is 1. The molecular formula is C15H26NO2+. The molecular weight excluding hydrogens is 226 g/mol. The molecule has 18 heavy (non-hydrogen) atoms. The number of rotatable bonds is 3. The second-order valence-electron chi connectivity index (χ2n) is 6.27. The molecule has 0 aromatic carbocycles. The van der Waals surface area contributed by atoms with E-state index in [1.807, 2.05) is 0 Å². The quantitative estimate of drug-likeness (QED) is 0.438. The molecule has 2 aliphatic rings. The molecule has 0 bridgehead atoms. The van der Waals surface area contributed by atoms with Crippen molar-refractivity contribution in [1.82, 2.24) is 0 Å². The lowest BCUT2D eigenvalue weighted by molar-refractivity contribution is -0.947. The molecule has 2 fully saturated rings. The van der Waals surface area contributed by atoms with Crippen molar-refractivity contribution in [2.24, 2.45) is 5.92 Å². The van der Waals surface area contributed by atoms with Crippen LogP contribution in [0.2, 0.25) is 0 Å². The van der Waals surface area contributed by atoms with Crippen LogP contribution in [-0.2, 0) is 9.53 Å². The predicted molar refractivity (Wildman–Crippen MR) is 72.1 cm³/mol. The highest BCUT2D eigenvalue weighted by Gasteiger charge is 2.43. The van der Waals surface area contributed by atoms with Crippen molar-refractivity contribution in [3.05, 3.63) is 12.2 Å². The Hall–Kier alpha value is -0.830. The van der Waals surface area contributed by atoms with Crippen LogP contribution in [0.15, 0.2) is 12.2 Å². The fraction of sp³-hybridized carbons (Fsp3) is 0.800. The van der Waals surface area contributed by atoms with E-state index in [4.69, 9.17) is 4.74 Å². The van der Waals surface area contributed by atoms with Crippen molar-refractivity contribution in [2.75, 3.05) is 26.7 Å². The lowest BCUT2D eigenvalue weighted by Gasteiger charge is -2.51. The minimum absolute atomic E-state index is 0.231. The average Bonchev–Trinajstić information content (AvgIpc) is 2.34. The van der Waals surface area contributed by atoms with Crippen molar-refractivity contribution in [2.45, 2.75) is 45.1 Å². The zero-order valence-corrected chi connectivity index (χ0v) is 11.8. The minimum atomic E-state index is -0.231. The Kier molecular flexibility index (Phi) is 4.10. The summed E-state index contributed by atoms with van der Waals surface area (Å²) in [5.74, 6) is 0.318. The van der Waals surface area contributed by atoms with Crippen molar-refractivity contribution < 1.29 is 14.0 Å². The molecule has 3 atom stereocenters. The Bertz CT molecular complexity index is 335. The molecule has 1 unspecified atom stereocenters. The molecule has 2 heterocycles. The van der Waals surface area contributed by atoms with Gasteiger partial charge in [0.15, 0.2) is 0 Å². The summed E-state index contributed by atoms with van der Waals surface area (Å²) in [5.41, 5.74) is 0.506. The summed E-state index contributed by atoms with van der Waals surface area (Å²) in [6, 6.07) is 0.699. The first-order valence-corrected chi connectivity index (χ1v) is 7.20. The van der Waals surface area contributed by atoms with Crippen LogP contribution in [0.5, 0.6) is 0 Å². The Labute approximate surface area is 110 Å². The first kappa shape index (κ1) is 13.6. The van der Waals surface area contributed by atoms with E-state index >= 15 is 0 Å². The summed E-state index contributed by atoms with van der Waals surface area (Å²) in [4.78, 5) is 11.5. The highest BCUT2D eigenvalue weighted by Crippen LogP contribution is 2.36. The zero-order chi connectivity index (χ0) is 13.2. The number of piperidine rings is 2. The van der Waals surface area contributed by atoms with Crippen LogP contribution in [0.25, 0.3) is 0 Å². The number of carbonyl (C=O) groups excluding carboxylic acids is 1. The smallest absolute Gasteiger partial charge is 0.333 e. The van der Waals surface area contributed by atoms with Crippen molar-refractivity contribution in [1.29, 1.82) is 0 Å². The summed E-state index contributed by atoms with van der Waals surface area (Å²) in [6.07, 6.45) is 6.46. The van der Waals surface area contributed by atoms with Gasteiger partial charge in [0.2, 0.25) is 0 Å². The summed E-state index contributed by atoms with van der Waals surface area (Å²) >= 11 is 0. The largest absolute Gasteiger partial charge is 0.462 e. The molecule has 102 valence electrons. The number of carbonyl (C=O) groups is 1. The molecule has 3 nitrogen and oxygen atoms in total. The van der Waals surface area contributed by atoms with Crippen LogP contribution < -0.4 is 0 Å². The molecule has 0 N–H and O–H groups in total. The van der Waals surface area contributed by atoms with E-state index in [0.29, 0.717) is 24.1 Å². The highest BCUT2D eigenvalue weighted by atomic mass is 16.5. The maximum Gasteiger partial charge on any atom is 0.333 e. The van der Waals surface area contributed by atoms with Crippen LogP contribution in [0.3, 0.4) is 0 Å². The monoisotopic (exact) mass is 252 g/mol. The second-order valence-corrected chi connectivity index (χ2v) is 6.27. The van der Waals surface area contributed by atoms with E-state index < -0.39 is 0 Å². The first-order chi connectivity index (χ1) is 8.53. The Morgan fingerprint density at radius 1 is 1.28 bits per heavy atom. The third-order valence-corrected chi connectivity index (χ3v) is 4.78. The number of fused-ring (bicyclic) bond motifs is 1. The summed E-state index contributed by atoms with van der Waals surface area (Å²) in [7, 11) is 2.39. The van der Waals surface area contributed by atoms with Crippen LogP contribution >= 0.6 is 0 Å². The Balaban J connectivity index is 1.95. The summed E-state index contributed by atoms with van der Waals surface area (Å²) in [6.45, 7) is 8.54. The number of ether oxygens (including phenoxy) is 1. The van der Waals surface area contributed by atoms with E-state index in [2.05, 4.69) is 13.6 Å². The van der Waals surface area contributed by atoms with Gasteiger partial charge in [-0.05, 0) is 32.6 Å². The fourth-order valence-electron chi connectivity index (χ4n) is 3.73. The van der Waals surface area contributed by atoms with E-state index in [0.717, 1.165) is 0 Å². The van der Waals surface area contributed by atoms with Crippen LogP contribution in [0, 0.1) is 5.92 Å². The maximum absolute atomic E-state index is 11.5. The standard InChI is InChI=1S/C15H26NO2/c1-12(2)15(17)18-11-13-7-6-10-16(3)9-5-4-8-14(13)16/h13-14H,1,4-11H2,2-3H3/q+1/t13-,14+,16?/m0/s1. The molecule has 0 aromatic rings. The maximum atomic E-state index is 11.5. The highest BCUT2D eigenvalue weighted by molar-refractivity contribution is 5.86. The van der Waals surface area contributed by atoms with E-state index in [1.165, 1.54) is 49.7 Å². The molecule has 2 saturated heterocycles. The molecule has 3 heteroatoms. The average molecular weight is 252 g/mol. The molecule has 0 amide bonds. The first-order valence-electron chi connectivity index (χ1n) is 7.20. The molecule has 2 aliphatic heterocycles. The van der Waals surface area contributed by atoms with E-state index in [9.17, 15) is 4.79 Å². The molecule has 2 rings (SSSR count). The minimum Gasteiger partial charge on any atom is -0.462 e. The van der Waals surface area contributed by atoms with Gasteiger partial charge in [0, 0.05) is 17.9 Å². The predicted octanol–water partition coefficient (Wildman–Crippen LogP) is 2.51. The van der Waals surface area contributed by atoms with Gasteiger partial charge in [-0.15, -0.1) is 0 Å². The van der Waals surface area contributed by atoms with Gasteiger partial charge < -0.3 is 9.22 Å². The van der Waals surface area contributed by atoms with Crippen molar-refractivity contribution in [3.8, 4) is 0 Å². The fourth-order valence-corrected chi connectivity index (χ4v) is 3.73. The molecule has 0 aliphatic carbocycles. The zero-order valence-electron chi connectivity index (χ0n) is 11.8. The van der Waals surface area contributed by atoms with Crippen molar-refractivity contribution in [3.63, 3.8) is 0 Å². The topological polar surface area (TPSA) is 26.3 Å². The Morgan fingerprint density at radius 2 is 2.00 bits per heavy atom. The second kappa shape index (κ2) is 5.43. The number of hydrogen-bond donors (Lipinski definition) is 0. The lowest BCUT2D eigenvalue weighted by Crippen LogP contribution is -2.61. The molecule has 0 aromatic heterocycles.